The molecular formula is C15H8BrF2NO2. The van der Waals surface area contributed by atoms with Crippen LogP contribution in [0.25, 0.3) is 0 Å². The molecule has 0 spiro atoms. The average molecular weight is 352 g/mol. The van der Waals surface area contributed by atoms with E-state index in [4.69, 9.17) is 0 Å². The Morgan fingerprint density at radius 3 is 2.38 bits per heavy atom. The normalized spacial score (nSPS) is 13.8. The molecule has 2 aromatic carbocycles. The molecule has 21 heavy (non-hydrogen) atoms. The molecule has 1 aliphatic rings. The summed E-state index contributed by atoms with van der Waals surface area (Å²) < 4.78 is 26.8. The molecule has 6 heteroatoms. The number of carbonyl (C=O) groups excluding carboxylic acids is 2. The van der Waals surface area contributed by atoms with Crippen molar-refractivity contribution in [3.8, 4) is 0 Å². The minimum Gasteiger partial charge on any atom is -0.300 e. The van der Waals surface area contributed by atoms with Crippen LogP contribution in [0.2, 0.25) is 0 Å². The molecule has 2 aromatic rings. The molecule has 0 saturated carbocycles. The Balaban J connectivity index is 2.00. The first-order valence-electron chi connectivity index (χ1n) is 6.07. The number of amides is 1. The van der Waals surface area contributed by atoms with Crippen LogP contribution < -0.4 is 4.90 Å². The van der Waals surface area contributed by atoms with Crippen molar-refractivity contribution in [2.24, 2.45) is 0 Å². The number of hydrogen-bond acceptors (Lipinski definition) is 2. The Bertz CT molecular complexity index is 776. The number of hydrogen-bond donors (Lipinski definition) is 0. The lowest BCUT2D eigenvalue weighted by molar-refractivity contribution is -0.114. The number of anilines is 1. The molecule has 0 atom stereocenters. The third-order valence-electron chi connectivity index (χ3n) is 3.28. The van der Waals surface area contributed by atoms with E-state index in [9.17, 15) is 18.4 Å². The predicted octanol–water partition coefficient (Wildman–Crippen LogP) is 3.46. The number of ketones is 1. The summed E-state index contributed by atoms with van der Waals surface area (Å²) in [5.41, 5.74) is 1.07. The summed E-state index contributed by atoms with van der Waals surface area (Å²) in [6.07, 6.45) is 0. The van der Waals surface area contributed by atoms with Crippen LogP contribution in [-0.2, 0) is 11.3 Å². The molecule has 0 bridgehead atoms. The summed E-state index contributed by atoms with van der Waals surface area (Å²) in [6.45, 7) is 0.101. The van der Waals surface area contributed by atoms with E-state index in [0.29, 0.717) is 15.7 Å². The summed E-state index contributed by atoms with van der Waals surface area (Å²) >= 11 is 3.22. The van der Waals surface area contributed by atoms with Crippen molar-refractivity contribution in [3.05, 3.63) is 63.6 Å². The van der Waals surface area contributed by atoms with Crippen molar-refractivity contribution < 1.29 is 18.4 Å². The van der Waals surface area contributed by atoms with E-state index in [1.54, 1.807) is 0 Å². The van der Waals surface area contributed by atoms with Crippen LogP contribution in [0.3, 0.4) is 0 Å². The van der Waals surface area contributed by atoms with Gasteiger partial charge in [-0.05, 0) is 35.9 Å². The molecular weight excluding hydrogens is 344 g/mol. The highest BCUT2D eigenvalue weighted by Crippen LogP contribution is 2.32. The predicted molar refractivity (Wildman–Crippen MR) is 76.0 cm³/mol. The fourth-order valence-electron chi connectivity index (χ4n) is 2.25. The Labute approximate surface area is 127 Å². The molecule has 1 amide bonds. The van der Waals surface area contributed by atoms with E-state index >= 15 is 0 Å². The summed E-state index contributed by atoms with van der Waals surface area (Å²) in [5.74, 6) is -2.42. The Morgan fingerprint density at radius 1 is 1.00 bits per heavy atom. The number of nitrogens with zero attached hydrogens (tertiary/aromatic N) is 1. The maximum atomic E-state index is 13.2. The van der Waals surface area contributed by atoms with Gasteiger partial charge in [0, 0.05) is 4.47 Å². The van der Waals surface area contributed by atoms with Gasteiger partial charge in [0.2, 0.25) is 0 Å². The minimum atomic E-state index is -0.734. The second-order valence-electron chi connectivity index (χ2n) is 4.62. The average Bonchev–Trinajstić information content (AvgIpc) is 2.66. The van der Waals surface area contributed by atoms with Crippen LogP contribution >= 0.6 is 15.9 Å². The summed E-state index contributed by atoms with van der Waals surface area (Å²) in [5, 5.41) is 0. The Hall–Kier alpha value is -2.08. The molecule has 0 radical (unpaired) electrons. The van der Waals surface area contributed by atoms with E-state index in [2.05, 4.69) is 15.9 Å². The van der Waals surface area contributed by atoms with Gasteiger partial charge in [0.05, 0.1) is 17.8 Å². The number of fused-ring (bicyclic) bond motifs is 1. The number of benzene rings is 2. The molecule has 0 aromatic heterocycles. The van der Waals surface area contributed by atoms with Gasteiger partial charge in [-0.2, -0.15) is 0 Å². The first-order valence-corrected chi connectivity index (χ1v) is 6.86. The van der Waals surface area contributed by atoms with Crippen molar-refractivity contribution in [3.63, 3.8) is 0 Å². The highest BCUT2D eigenvalue weighted by Gasteiger charge is 2.36. The van der Waals surface area contributed by atoms with E-state index in [1.165, 1.54) is 35.2 Å². The van der Waals surface area contributed by atoms with Crippen molar-refractivity contribution >= 4 is 33.3 Å². The number of halogens is 3. The Morgan fingerprint density at radius 2 is 1.67 bits per heavy atom. The van der Waals surface area contributed by atoms with Gasteiger partial charge in [-0.25, -0.2) is 8.78 Å². The van der Waals surface area contributed by atoms with E-state index < -0.39 is 23.3 Å². The van der Waals surface area contributed by atoms with Gasteiger partial charge in [0.25, 0.3) is 11.7 Å². The van der Waals surface area contributed by atoms with Gasteiger partial charge in [-0.1, -0.05) is 22.0 Å². The Kier molecular flexibility index (Phi) is 3.33. The molecule has 0 fully saturated rings. The lowest BCUT2D eigenvalue weighted by Crippen LogP contribution is -2.29. The molecule has 0 saturated heterocycles. The molecule has 0 N–H and O–H groups in total. The van der Waals surface area contributed by atoms with Gasteiger partial charge >= 0.3 is 0 Å². The van der Waals surface area contributed by atoms with Gasteiger partial charge < -0.3 is 4.90 Å². The zero-order valence-corrected chi connectivity index (χ0v) is 12.2. The zero-order valence-electron chi connectivity index (χ0n) is 10.6. The summed E-state index contributed by atoms with van der Waals surface area (Å²) in [6, 6.07) is 7.72. The summed E-state index contributed by atoms with van der Waals surface area (Å²) in [4.78, 5) is 25.1. The maximum absolute atomic E-state index is 13.2. The second-order valence-corrected chi connectivity index (χ2v) is 5.47. The molecule has 0 unspecified atom stereocenters. The van der Waals surface area contributed by atoms with E-state index in [-0.39, 0.29) is 12.1 Å². The number of rotatable bonds is 2. The maximum Gasteiger partial charge on any atom is 0.299 e. The van der Waals surface area contributed by atoms with Crippen LogP contribution in [0.15, 0.2) is 40.9 Å². The van der Waals surface area contributed by atoms with E-state index in [1.807, 2.05) is 0 Å². The van der Waals surface area contributed by atoms with Crippen LogP contribution in [-0.4, -0.2) is 11.7 Å². The fourth-order valence-corrected chi connectivity index (χ4v) is 2.73. The first kappa shape index (κ1) is 13.9. The van der Waals surface area contributed by atoms with Crippen LogP contribution in [0.5, 0.6) is 0 Å². The minimum absolute atomic E-state index is 0.0539. The topological polar surface area (TPSA) is 37.4 Å². The van der Waals surface area contributed by atoms with Crippen LogP contribution in [0, 0.1) is 11.6 Å². The van der Waals surface area contributed by atoms with Crippen LogP contribution in [0.4, 0.5) is 14.5 Å². The third kappa shape index (κ3) is 2.35. The van der Waals surface area contributed by atoms with Crippen molar-refractivity contribution in [1.29, 1.82) is 0 Å². The zero-order chi connectivity index (χ0) is 15.1. The van der Waals surface area contributed by atoms with Gasteiger partial charge in [0.15, 0.2) is 0 Å². The van der Waals surface area contributed by atoms with Crippen molar-refractivity contribution in [1.82, 2.24) is 0 Å². The third-order valence-corrected chi connectivity index (χ3v) is 4.02. The SMILES string of the molecule is O=C1C(=O)N(Cc2ccc(F)cc2Br)c2ccc(F)cc21. The smallest absolute Gasteiger partial charge is 0.299 e. The lowest BCUT2D eigenvalue weighted by atomic mass is 10.1. The molecule has 3 rings (SSSR count). The number of carbonyl (C=O) groups is 2. The van der Waals surface area contributed by atoms with Gasteiger partial charge in [-0.15, -0.1) is 0 Å². The lowest BCUT2D eigenvalue weighted by Gasteiger charge is -2.17. The molecule has 3 nitrogen and oxygen atoms in total. The highest BCUT2D eigenvalue weighted by molar-refractivity contribution is 9.10. The van der Waals surface area contributed by atoms with Crippen molar-refractivity contribution in [2.75, 3.05) is 4.90 Å². The molecule has 0 aliphatic carbocycles. The number of Topliss-reactive ketones (excluding diaryl/α,β-unsaturated/α-hetero) is 1. The van der Waals surface area contributed by atoms with Gasteiger partial charge in [0.1, 0.15) is 11.6 Å². The van der Waals surface area contributed by atoms with Gasteiger partial charge in [-0.3, -0.25) is 9.59 Å². The molecule has 1 aliphatic heterocycles. The molecule has 106 valence electrons. The largest absolute Gasteiger partial charge is 0.300 e. The van der Waals surface area contributed by atoms with Crippen molar-refractivity contribution in [2.45, 2.75) is 6.54 Å². The summed E-state index contributed by atoms with van der Waals surface area (Å²) in [7, 11) is 0. The fraction of sp³-hybridized carbons (Fsp3) is 0.0667. The second kappa shape index (κ2) is 5.04. The standard InChI is InChI=1S/C15H8BrF2NO2/c16-12-6-10(18)2-1-8(12)7-19-13-4-3-9(17)5-11(13)14(20)15(19)21/h1-6H,7H2. The monoisotopic (exact) mass is 351 g/mol. The quantitative estimate of drug-likeness (QED) is 0.777. The van der Waals surface area contributed by atoms with E-state index in [0.717, 1.165) is 6.07 Å². The first-order chi connectivity index (χ1) is 9.97. The van der Waals surface area contributed by atoms with Crippen LogP contribution in [0.1, 0.15) is 15.9 Å². The molecule has 1 heterocycles. The highest BCUT2D eigenvalue weighted by atomic mass is 79.9.